The van der Waals surface area contributed by atoms with Crippen LogP contribution in [0.3, 0.4) is 0 Å². The number of aryl methyl sites for hydroxylation is 2. The van der Waals surface area contributed by atoms with Gasteiger partial charge in [-0.15, -0.1) is 0 Å². The zero-order chi connectivity index (χ0) is 15.2. The normalized spacial score (nSPS) is 11.0. The molecule has 0 fully saturated rings. The minimum absolute atomic E-state index is 1.12. The molecule has 0 aliphatic rings. The molecule has 20 heavy (non-hydrogen) atoms. The van der Waals surface area contributed by atoms with Crippen LogP contribution in [0.2, 0.25) is 0 Å². The summed E-state index contributed by atoms with van der Waals surface area (Å²) in [4.78, 5) is 0. The largest absolute Gasteiger partial charge is 0.0552 e. The smallest absolute Gasteiger partial charge is 0.0306 e. The van der Waals surface area contributed by atoms with E-state index >= 15 is 0 Å². The number of hydrogen-bond donors (Lipinski definition) is 0. The van der Waals surface area contributed by atoms with E-state index in [0.717, 1.165) is 17.9 Å². The number of hydrogen-bond acceptors (Lipinski definition) is 0. The third-order valence-electron chi connectivity index (χ3n) is 3.42. The van der Waals surface area contributed by atoms with Crippen molar-refractivity contribution in [1.29, 1.82) is 0 Å². The van der Waals surface area contributed by atoms with Gasteiger partial charge in [0.05, 0.1) is 0 Å². The van der Waals surface area contributed by atoms with Crippen LogP contribution in [0.4, 0.5) is 0 Å². The van der Waals surface area contributed by atoms with Crippen LogP contribution in [0, 0.1) is 27.7 Å². The molecule has 0 aliphatic carbocycles. The van der Waals surface area contributed by atoms with Crippen molar-refractivity contribution >= 4 is 63.7 Å². The van der Waals surface area contributed by atoms with Gasteiger partial charge in [-0.25, -0.2) is 0 Å². The monoisotopic (exact) mass is 522 g/mol. The molecule has 0 spiro atoms. The van der Waals surface area contributed by atoms with Crippen LogP contribution in [0.1, 0.15) is 22.3 Å². The maximum atomic E-state index is 3.76. The summed E-state index contributed by atoms with van der Waals surface area (Å²) in [6.07, 6.45) is 0. The summed E-state index contributed by atoms with van der Waals surface area (Å²) in [6.45, 7) is 8.49. The van der Waals surface area contributed by atoms with E-state index in [9.17, 15) is 0 Å². The summed E-state index contributed by atoms with van der Waals surface area (Å²) in [7, 11) is 0. The Morgan fingerprint density at radius 1 is 0.650 bits per heavy atom. The predicted molar refractivity (Wildman–Crippen MR) is 102 cm³/mol. The molecule has 0 heterocycles. The highest BCUT2D eigenvalue weighted by Crippen LogP contribution is 2.46. The molecule has 2 aromatic rings. The van der Waals surface area contributed by atoms with E-state index in [1.807, 2.05) is 0 Å². The van der Waals surface area contributed by atoms with E-state index in [4.69, 9.17) is 0 Å². The van der Waals surface area contributed by atoms with Crippen molar-refractivity contribution in [2.24, 2.45) is 0 Å². The lowest BCUT2D eigenvalue weighted by Gasteiger charge is -2.18. The molecule has 0 unspecified atom stereocenters. The summed E-state index contributed by atoms with van der Waals surface area (Å²) in [5.41, 5.74) is 7.34. The molecule has 0 saturated carbocycles. The second kappa shape index (κ2) is 6.23. The molecule has 106 valence electrons. The number of benzene rings is 2. The average molecular weight is 526 g/mol. The predicted octanol–water partition coefficient (Wildman–Crippen LogP) is 7.64. The fraction of sp³-hybridized carbons (Fsp3) is 0.250. The molecule has 0 N–H and O–H groups in total. The zero-order valence-corrected chi connectivity index (χ0v) is 18.0. The summed E-state index contributed by atoms with van der Waals surface area (Å²) in [6, 6.07) is 4.41. The van der Waals surface area contributed by atoms with E-state index in [1.54, 1.807) is 0 Å². The SMILES string of the molecule is Cc1cc(C)c(Br)c(-c2c(Br)c(C)c(Br)c(C)c2Br)c1. The van der Waals surface area contributed by atoms with Gasteiger partial charge in [0.1, 0.15) is 0 Å². The van der Waals surface area contributed by atoms with Crippen LogP contribution in [0.15, 0.2) is 30.0 Å². The maximum Gasteiger partial charge on any atom is 0.0306 e. The zero-order valence-electron chi connectivity index (χ0n) is 11.7. The van der Waals surface area contributed by atoms with Gasteiger partial charge in [0.2, 0.25) is 0 Å². The van der Waals surface area contributed by atoms with Gasteiger partial charge >= 0.3 is 0 Å². The Kier molecular flexibility index (Phi) is 5.21. The summed E-state index contributed by atoms with van der Waals surface area (Å²) >= 11 is 14.9. The standard InChI is InChI=1S/C16H14Br4/c1-7-5-8(2)13(17)11(6-7)12-15(19)9(3)14(18)10(4)16(12)20/h5-6H,1-4H3. The van der Waals surface area contributed by atoms with Crippen molar-refractivity contribution < 1.29 is 0 Å². The minimum Gasteiger partial charge on any atom is -0.0552 e. The van der Waals surface area contributed by atoms with Gasteiger partial charge in [-0.05, 0) is 97.7 Å². The van der Waals surface area contributed by atoms with Gasteiger partial charge in [-0.1, -0.05) is 33.6 Å². The van der Waals surface area contributed by atoms with Crippen molar-refractivity contribution in [2.45, 2.75) is 27.7 Å². The Bertz CT molecular complexity index is 673. The molecule has 0 aromatic heterocycles. The molecule has 0 nitrogen and oxygen atoms in total. The average Bonchev–Trinajstić information content (AvgIpc) is 2.39. The Balaban J connectivity index is 2.91. The van der Waals surface area contributed by atoms with Gasteiger partial charge in [0.15, 0.2) is 0 Å². The summed E-state index contributed by atoms with van der Waals surface area (Å²) in [5, 5.41) is 0. The molecule has 2 aromatic carbocycles. The van der Waals surface area contributed by atoms with Gasteiger partial charge < -0.3 is 0 Å². The Morgan fingerprint density at radius 2 is 1.15 bits per heavy atom. The minimum atomic E-state index is 1.12. The first-order valence-corrected chi connectivity index (χ1v) is 9.33. The van der Waals surface area contributed by atoms with Gasteiger partial charge in [0, 0.05) is 23.5 Å². The van der Waals surface area contributed by atoms with Crippen LogP contribution in [0.25, 0.3) is 11.1 Å². The molecule has 4 heteroatoms. The molecule has 0 aliphatic heterocycles. The fourth-order valence-corrected chi connectivity index (χ4v) is 5.16. The Hall–Kier alpha value is 0.360. The highest BCUT2D eigenvalue weighted by molar-refractivity contribution is 9.12. The molecule has 2 rings (SSSR count). The second-order valence-corrected chi connectivity index (χ2v) is 8.18. The Labute approximate surface area is 153 Å². The molecule has 0 radical (unpaired) electrons. The molecular formula is C16H14Br4. The summed E-state index contributed by atoms with van der Waals surface area (Å²) < 4.78 is 4.52. The van der Waals surface area contributed by atoms with Crippen LogP contribution < -0.4 is 0 Å². The highest BCUT2D eigenvalue weighted by atomic mass is 79.9. The highest BCUT2D eigenvalue weighted by Gasteiger charge is 2.19. The van der Waals surface area contributed by atoms with E-state index in [1.165, 1.54) is 33.4 Å². The molecular weight excluding hydrogens is 512 g/mol. The lowest BCUT2D eigenvalue weighted by molar-refractivity contribution is 1.28. The molecule has 0 amide bonds. The van der Waals surface area contributed by atoms with E-state index in [2.05, 4.69) is 104 Å². The van der Waals surface area contributed by atoms with Gasteiger partial charge in [0.25, 0.3) is 0 Å². The number of halogens is 4. The fourth-order valence-electron chi connectivity index (χ4n) is 2.31. The molecule has 0 saturated heterocycles. The van der Waals surface area contributed by atoms with Crippen LogP contribution in [0.5, 0.6) is 0 Å². The van der Waals surface area contributed by atoms with Crippen molar-refractivity contribution in [3.8, 4) is 11.1 Å². The third kappa shape index (κ3) is 2.81. The topological polar surface area (TPSA) is 0 Å². The van der Waals surface area contributed by atoms with Gasteiger partial charge in [-0.2, -0.15) is 0 Å². The molecule has 0 atom stereocenters. The first-order chi connectivity index (χ1) is 9.25. The maximum absolute atomic E-state index is 3.76. The van der Waals surface area contributed by atoms with Crippen LogP contribution >= 0.6 is 63.7 Å². The lowest BCUT2D eigenvalue weighted by Crippen LogP contribution is -1.95. The summed E-state index contributed by atoms with van der Waals surface area (Å²) in [5.74, 6) is 0. The first-order valence-electron chi connectivity index (χ1n) is 6.16. The third-order valence-corrected chi connectivity index (χ3v) is 7.65. The van der Waals surface area contributed by atoms with E-state index < -0.39 is 0 Å². The van der Waals surface area contributed by atoms with E-state index in [-0.39, 0.29) is 0 Å². The molecule has 0 bridgehead atoms. The van der Waals surface area contributed by atoms with Crippen LogP contribution in [-0.2, 0) is 0 Å². The van der Waals surface area contributed by atoms with Crippen LogP contribution in [-0.4, -0.2) is 0 Å². The number of rotatable bonds is 1. The van der Waals surface area contributed by atoms with Crippen molar-refractivity contribution in [2.75, 3.05) is 0 Å². The quantitative estimate of drug-likeness (QED) is 0.359. The first kappa shape index (κ1) is 16.7. The Morgan fingerprint density at radius 3 is 1.65 bits per heavy atom. The van der Waals surface area contributed by atoms with Gasteiger partial charge in [-0.3, -0.25) is 0 Å². The van der Waals surface area contributed by atoms with Crippen molar-refractivity contribution in [3.05, 3.63) is 52.3 Å². The lowest BCUT2D eigenvalue weighted by atomic mass is 9.97. The van der Waals surface area contributed by atoms with Crippen molar-refractivity contribution in [3.63, 3.8) is 0 Å². The second-order valence-electron chi connectivity index (χ2n) is 5.01. The van der Waals surface area contributed by atoms with E-state index in [0.29, 0.717) is 0 Å². The van der Waals surface area contributed by atoms with Crippen molar-refractivity contribution in [1.82, 2.24) is 0 Å².